The summed E-state index contributed by atoms with van der Waals surface area (Å²) in [6.07, 6.45) is 2.78. The second-order valence-electron chi connectivity index (χ2n) is 4.92. The second-order valence-corrected chi connectivity index (χ2v) is 4.92. The van der Waals surface area contributed by atoms with Crippen LogP contribution in [0.2, 0.25) is 0 Å². The first-order valence-electron chi connectivity index (χ1n) is 7.13. The monoisotopic (exact) mass is 296 g/mol. The molecule has 8 nitrogen and oxygen atoms in total. The lowest BCUT2D eigenvalue weighted by Crippen LogP contribution is -2.18. The largest absolute Gasteiger partial charge is 0.470 e. The van der Waals surface area contributed by atoms with Gasteiger partial charge in [-0.25, -0.2) is 4.98 Å². The molecule has 8 heteroatoms. The SMILES string of the molecule is CCCNc1nc(C)c([N+](=O)[O-])c(OCC2CCCO2)n1. The lowest BCUT2D eigenvalue weighted by atomic mass is 10.2. The Morgan fingerprint density at radius 2 is 2.33 bits per heavy atom. The third-order valence-electron chi connectivity index (χ3n) is 3.17. The van der Waals surface area contributed by atoms with Crippen LogP contribution in [0.1, 0.15) is 31.9 Å². The molecule has 0 amide bonds. The molecule has 0 saturated carbocycles. The van der Waals surface area contributed by atoms with Crippen molar-refractivity contribution in [1.82, 2.24) is 9.97 Å². The molecule has 0 spiro atoms. The molecule has 1 fully saturated rings. The minimum atomic E-state index is -0.510. The molecule has 2 heterocycles. The number of nitrogens with zero attached hydrogens (tertiary/aromatic N) is 3. The molecule has 0 radical (unpaired) electrons. The quantitative estimate of drug-likeness (QED) is 0.607. The highest BCUT2D eigenvalue weighted by molar-refractivity contribution is 5.48. The van der Waals surface area contributed by atoms with Crippen molar-refractivity contribution in [2.75, 3.05) is 25.1 Å². The lowest BCUT2D eigenvalue weighted by molar-refractivity contribution is -0.387. The molecular weight excluding hydrogens is 276 g/mol. The van der Waals surface area contributed by atoms with Crippen molar-refractivity contribution >= 4 is 11.6 Å². The number of hydrogen-bond donors (Lipinski definition) is 1. The number of hydrogen-bond acceptors (Lipinski definition) is 7. The number of anilines is 1. The van der Waals surface area contributed by atoms with Gasteiger partial charge in [0, 0.05) is 13.2 Å². The van der Waals surface area contributed by atoms with E-state index in [9.17, 15) is 10.1 Å². The molecule has 0 bridgehead atoms. The zero-order valence-electron chi connectivity index (χ0n) is 12.3. The first-order valence-corrected chi connectivity index (χ1v) is 7.13. The van der Waals surface area contributed by atoms with Crippen molar-refractivity contribution in [3.63, 3.8) is 0 Å². The van der Waals surface area contributed by atoms with Gasteiger partial charge < -0.3 is 14.8 Å². The summed E-state index contributed by atoms with van der Waals surface area (Å²) in [6, 6.07) is 0. The number of aryl methyl sites for hydroxylation is 1. The van der Waals surface area contributed by atoms with E-state index in [4.69, 9.17) is 9.47 Å². The van der Waals surface area contributed by atoms with Crippen LogP contribution in [0.5, 0.6) is 5.88 Å². The first kappa shape index (κ1) is 15.4. The Morgan fingerprint density at radius 1 is 1.52 bits per heavy atom. The normalized spacial score (nSPS) is 17.7. The van der Waals surface area contributed by atoms with E-state index in [1.807, 2.05) is 6.92 Å². The van der Waals surface area contributed by atoms with Crippen LogP contribution in [0.25, 0.3) is 0 Å². The molecular formula is C13H20N4O4. The van der Waals surface area contributed by atoms with E-state index in [1.54, 1.807) is 6.92 Å². The van der Waals surface area contributed by atoms with Gasteiger partial charge in [0.2, 0.25) is 5.95 Å². The molecule has 1 aromatic rings. The Hall–Kier alpha value is -1.96. The highest BCUT2D eigenvalue weighted by atomic mass is 16.6. The van der Waals surface area contributed by atoms with Crippen LogP contribution < -0.4 is 10.1 Å². The Labute approximate surface area is 123 Å². The fraction of sp³-hybridized carbons (Fsp3) is 0.692. The summed E-state index contributed by atoms with van der Waals surface area (Å²) < 4.78 is 11.0. The van der Waals surface area contributed by atoms with Crippen LogP contribution in [-0.2, 0) is 4.74 Å². The van der Waals surface area contributed by atoms with Crippen molar-refractivity contribution in [1.29, 1.82) is 0 Å². The number of nitro groups is 1. The predicted octanol–water partition coefficient (Wildman–Crippen LogP) is 2.07. The average molecular weight is 296 g/mol. The number of ether oxygens (including phenoxy) is 2. The molecule has 1 saturated heterocycles. The molecule has 21 heavy (non-hydrogen) atoms. The Morgan fingerprint density at radius 3 is 2.95 bits per heavy atom. The van der Waals surface area contributed by atoms with E-state index in [0.29, 0.717) is 19.1 Å². The average Bonchev–Trinajstić information content (AvgIpc) is 2.95. The highest BCUT2D eigenvalue weighted by Crippen LogP contribution is 2.29. The molecule has 1 aliphatic heterocycles. The maximum atomic E-state index is 11.2. The summed E-state index contributed by atoms with van der Waals surface area (Å²) in [5.41, 5.74) is 0.103. The lowest BCUT2D eigenvalue weighted by Gasteiger charge is -2.12. The third-order valence-corrected chi connectivity index (χ3v) is 3.17. The third kappa shape index (κ3) is 4.01. The minimum Gasteiger partial charge on any atom is -0.470 e. The first-order chi connectivity index (χ1) is 10.1. The number of rotatable bonds is 7. The number of aromatic nitrogens is 2. The smallest absolute Gasteiger partial charge is 0.352 e. The molecule has 1 aliphatic rings. The van der Waals surface area contributed by atoms with Crippen molar-refractivity contribution in [2.24, 2.45) is 0 Å². The van der Waals surface area contributed by atoms with Crippen molar-refractivity contribution < 1.29 is 14.4 Å². The minimum absolute atomic E-state index is 0.00148. The van der Waals surface area contributed by atoms with Gasteiger partial charge in [-0.3, -0.25) is 10.1 Å². The van der Waals surface area contributed by atoms with Gasteiger partial charge in [-0.05, 0) is 26.2 Å². The van der Waals surface area contributed by atoms with Crippen molar-refractivity contribution in [3.8, 4) is 5.88 Å². The van der Waals surface area contributed by atoms with Gasteiger partial charge in [0.1, 0.15) is 12.3 Å². The summed E-state index contributed by atoms with van der Waals surface area (Å²) in [5.74, 6) is 0.351. The van der Waals surface area contributed by atoms with E-state index in [2.05, 4.69) is 15.3 Å². The van der Waals surface area contributed by atoms with Gasteiger partial charge in [0.25, 0.3) is 5.88 Å². The molecule has 1 unspecified atom stereocenters. The summed E-state index contributed by atoms with van der Waals surface area (Å²) in [4.78, 5) is 18.9. The van der Waals surface area contributed by atoms with Crippen molar-refractivity contribution in [2.45, 2.75) is 39.2 Å². The van der Waals surface area contributed by atoms with E-state index < -0.39 is 4.92 Å². The van der Waals surface area contributed by atoms with Crippen LogP contribution >= 0.6 is 0 Å². The van der Waals surface area contributed by atoms with Gasteiger partial charge in [0.15, 0.2) is 0 Å². The Kier molecular flexibility index (Phi) is 5.26. The van der Waals surface area contributed by atoms with Gasteiger partial charge in [-0.2, -0.15) is 4.98 Å². The van der Waals surface area contributed by atoms with E-state index in [0.717, 1.165) is 19.3 Å². The van der Waals surface area contributed by atoms with E-state index >= 15 is 0 Å². The van der Waals surface area contributed by atoms with Crippen LogP contribution in [0.3, 0.4) is 0 Å². The van der Waals surface area contributed by atoms with Crippen LogP contribution in [-0.4, -0.2) is 40.8 Å². The standard InChI is InChI=1S/C13H20N4O4/c1-3-6-14-13-15-9(2)11(17(18)19)12(16-13)21-8-10-5-4-7-20-10/h10H,3-8H2,1-2H3,(H,14,15,16). The molecule has 1 atom stereocenters. The topological polar surface area (TPSA) is 99.4 Å². The molecule has 2 rings (SSSR count). The van der Waals surface area contributed by atoms with Gasteiger partial charge >= 0.3 is 5.69 Å². The maximum absolute atomic E-state index is 11.2. The van der Waals surface area contributed by atoms with Crippen molar-refractivity contribution in [3.05, 3.63) is 15.8 Å². The summed E-state index contributed by atoms with van der Waals surface area (Å²) in [6.45, 7) is 5.27. The zero-order valence-corrected chi connectivity index (χ0v) is 12.3. The molecule has 0 aliphatic carbocycles. The fourth-order valence-corrected chi connectivity index (χ4v) is 2.12. The molecule has 1 aromatic heterocycles. The zero-order chi connectivity index (χ0) is 15.2. The second kappa shape index (κ2) is 7.16. The summed E-state index contributed by atoms with van der Waals surface area (Å²) in [5, 5.41) is 14.2. The van der Waals surface area contributed by atoms with Gasteiger partial charge in [-0.1, -0.05) is 6.92 Å². The van der Waals surface area contributed by atoms with Gasteiger partial charge in [-0.15, -0.1) is 0 Å². The molecule has 1 N–H and O–H groups in total. The maximum Gasteiger partial charge on any atom is 0.352 e. The molecule has 0 aromatic carbocycles. The predicted molar refractivity (Wildman–Crippen MR) is 76.7 cm³/mol. The number of nitrogens with one attached hydrogen (secondary N) is 1. The van der Waals surface area contributed by atoms with Gasteiger partial charge in [0.05, 0.1) is 11.0 Å². The highest BCUT2D eigenvalue weighted by Gasteiger charge is 2.25. The van der Waals surface area contributed by atoms with Crippen LogP contribution in [0.4, 0.5) is 11.6 Å². The fourth-order valence-electron chi connectivity index (χ4n) is 2.12. The van der Waals surface area contributed by atoms with E-state index in [1.165, 1.54) is 0 Å². The Bertz CT molecular complexity index is 503. The summed E-state index contributed by atoms with van der Waals surface area (Å²) >= 11 is 0. The van der Waals surface area contributed by atoms with Crippen LogP contribution in [0.15, 0.2) is 0 Å². The van der Waals surface area contributed by atoms with Crippen LogP contribution in [0, 0.1) is 17.0 Å². The van der Waals surface area contributed by atoms with E-state index in [-0.39, 0.29) is 30.0 Å². The summed E-state index contributed by atoms with van der Waals surface area (Å²) in [7, 11) is 0. The molecule has 116 valence electrons. The Balaban J connectivity index is 2.17.